The van der Waals surface area contributed by atoms with Crippen LogP contribution in [0.4, 0.5) is 4.79 Å². The molecule has 1 aliphatic rings. The second-order valence-corrected chi connectivity index (χ2v) is 11.1. The number of benzene rings is 3. The molecule has 0 saturated heterocycles. The van der Waals surface area contributed by atoms with Crippen LogP contribution in [0.2, 0.25) is 5.02 Å². The maximum atomic E-state index is 12.5. The third-order valence-corrected chi connectivity index (χ3v) is 7.78. The summed E-state index contributed by atoms with van der Waals surface area (Å²) in [6.45, 7) is 3.84. The van der Waals surface area contributed by atoms with Crippen LogP contribution in [0.25, 0.3) is 0 Å². The van der Waals surface area contributed by atoms with E-state index in [1.54, 1.807) is 43.3 Å². The summed E-state index contributed by atoms with van der Waals surface area (Å²) in [5, 5.41) is 20.6. The number of esters is 1. The molecule has 0 aliphatic carbocycles. The van der Waals surface area contributed by atoms with E-state index >= 15 is 0 Å². The lowest BCUT2D eigenvalue weighted by molar-refractivity contribution is -0.136. The normalized spacial score (nSPS) is 15.1. The summed E-state index contributed by atoms with van der Waals surface area (Å²) in [6.07, 6.45) is 0.333. The first-order valence-electron chi connectivity index (χ1n) is 14.1. The number of rotatable bonds is 14. The van der Waals surface area contributed by atoms with E-state index in [0.29, 0.717) is 55.9 Å². The Bertz CT molecular complexity index is 1630. The number of allylic oxidation sites excluding steroid dienone is 1. The van der Waals surface area contributed by atoms with Crippen molar-refractivity contribution in [1.29, 1.82) is 0 Å². The molecule has 14 heteroatoms. The highest BCUT2D eigenvalue weighted by Gasteiger charge is 2.32. The molecule has 0 fully saturated rings. The number of aliphatic hydroxyl groups is 1. The first-order chi connectivity index (χ1) is 22.1. The standard InChI is InChI=1S/C32H34BrClN4O8/c1-5-44-26-12-19(30-29(31(40)43-4)18(2)36-32(41)37-30)10-11-24(26)46-17-28(39)38-35-15-21-13-25(42-3)27(14-22(21)33)45-16-20-8-6-7-9-23(20)34/h6-15,28,30,38-39H,5,16-17H2,1-4H3,(H2,36,37,41)/b35-15-/t28-,30+/m1/s1. The second-order valence-electron chi connectivity index (χ2n) is 9.82. The average Bonchev–Trinajstić information content (AvgIpc) is 3.04. The molecule has 0 aromatic heterocycles. The zero-order chi connectivity index (χ0) is 33.2. The number of aliphatic hydroxyl groups excluding tert-OH is 1. The minimum atomic E-state index is -1.18. The number of hydrogen-bond acceptors (Lipinski definition) is 10. The number of nitrogens with zero attached hydrogens (tertiary/aromatic N) is 1. The van der Waals surface area contributed by atoms with E-state index in [1.807, 2.05) is 25.1 Å². The van der Waals surface area contributed by atoms with Gasteiger partial charge in [0.2, 0.25) is 0 Å². The highest BCUT2D eigenvalue weighted by Crippen LogP contribution is 2.36. The molecule has 4 N–H and O–H groups in total. The van der Waals surface area contributed by atoms with Crippen molar-refractivity contribution in [2.24, 2.45) is 5.10 Å². The van der Waals surface area contributed by atoms with Crippen LogP contribution in [0.1, 0.15) is 36.6 Å². The molecule has 0 radical (unpaired) electrons. The van der Waals surface area contributed by atoms with E-state index in [0.717, 1.165) is 5.56 Å². The van der Waals surface area contributed by atoms with Gasteiger partial charge in [-0.15, -0.1) is 0 Å². The third-order valence-electron chi connectivity index (χ3n) is 6.72. The summed E-state index contributed by atoms with van der Waals surface area (Å²) >= 11 is 9.76. The molecule has 1 heterocycles. The molecule has 4 rings (SSSR count). The molecule has 0 unspecified atom stereocenters. The van der Waals surface area contributed by atoms with Crippen LogP contribution in [0, 0.1) is 0 Å². The molecule has 12 nitrogen and oxygen atoms in total. The van der Waals surface area contributed by atoms with Crippen molar-refractivity contribution in [3.8, 4) is 23.0 Å². The van der Waals surface area contributed by atoms with E-state index in [9.17, 15) is 14.7 Å². The summed E-state index contributed by atoms with van der Waals surface area (Å²) < 4.78 is 28.6. The summed E-state index contributed by atoms with van der Waals surface area (Å²) in [4.78, 5) is 24.6. The number of hydrazone groups is 1. The van der Waals surface area contributed by atoms with Gasteiger partial charge in [0.25, 0.3) is 0 Å². The van der Waals surface area contributed by atoms with Crippen molar-refractivity contribution in [2.45, 2.75) is 32.7 Å². The smallest absolute Gasteiger partial charge is 0.337 e. The van der Waals surface area contributed by atoms with Crippen molar-refractivity contribution in [2.75, 3.05) is 27.4 Å². The lowest BCUT2D eigenvalue weighted by Crippen LogP contribution is -2.45. The molecular weight excluding hydrogens is 684 g/mol. The van der Waals surface area contributed by atoms with Gasteiger partial charge in [-0.3, -0.25) is 5.43 Å². The van der Waals surface area contributed by atoms with Crippen LogP contribution in [0.5, 0.6) is 23.0 Å². The minimum absolute atomic E-state index is 0.174. The Labute approximate surface area is 279 Å². The van der Waals surface area contributed by atoms with Crippen LogP contribution in [-0.2, 0) is 16.1 Å². The van der Waals surface area contributed by atoms with E-state index in [2.05, 4.69) is 37.1 Å². The Morgan fingerprint density at radius 2 is 1.85 bits per heavy atom. The van der Waals surface area contributed by atoms with Crippen LogP contribution >= 0.6 is 27.5 Å². The number of urea groups is 1. The fourth-order valence-corrected chi connectivity index (χ4v) is 5.12. The zero-order valence-corrected chi connectivity index (χ0v) is 27.9. The van der Waals surface area contributed by atoms with Crippen LogP contribution < -0.4 is 35.0 Å². The number of amides is 2. The van der Waals surface area contributed by atoms with Crippen molar-refractivity contribution in [1.82, 2.24) is 16.1 Å². The fraction of sp³-hybridized carbons (Fsp3) is 0.281. The SMILES string of the molecule is CCOc1cc([C@@H]2NC(=O)NC(C)=C2C(=O)OC)ccc1OC[C@@H](O)N/N=C\c1cc(OC)c(OCc2ccccc2Cl)cc1Br. The van der Waals surface area contributed by atoms with Crippen molar-refractivity contribution >= 4 is 45.7 Å². The van der Waals surface area contributed by atoms with Crippen molar-refractivity contribution < 1.29 is 38.4 Å². The molecule has 3 aromatic rings. The quantitative estimate of drug-likeness (QED) is 0.0764. The van der Waals surface area contributed by atoms with Gasteiger partial charge in [0.1, 0.15) is 13.2 Å². The molecule has 3 aromatic carbocycles. The highest BCUT2D eigenvalue weighted by molar-refractivity contribution is 9.10. The Morgan fingerprint density at radius 1 is 1.09 bits per heavy atom. The molecular formula is C32H34BrClN4O8. The highest BCUT2D eigenvalue weighted by atomic mass is 79.9. The van der Waals surface area contributed by atoms with Crippen LogP contribution in [0.3, 0.4) is 0 Å². The van der Waals surface area contributed by atoms with Gasteiger partial charge < -0.3 is 39.4 Å². The summed E-state index contributed by atoms with van der Waals surface area (Å²) in [6, 6.07) is 14.7. The first-order valence-corrected chi connectivity index (χ1v) is 15.3. The molecule has 2 atom stereocenters. The van der Waals surface area contributed by atoms with Gasteiger partial charge in [0.15, 0.2) is 29.2 Å². The van der Waals surface area contributed by atoms with Crippen molar-refractivity contribution in [3.05, 3.63) is 92.1 Å². The number of carbonyl (C=O) groups is 2. The topological polar surface area (TPSA) is 149 Å². The minimum Gasteiger partial charge on any atom is -0.493 e. The number of hydrogen-bond donors (Lipinski definition) is 4. The largest absolute Gasteiger partial charge is 0.493 e. The molecule has 1 aliphatic heterocycles. The van der Waals surface area contributed by atoms with Crippen molar-refractivity contribution in [3.63, 3.8) is 0 Å². The first kappa shape index (κ1) is 34.4. The van der Waals surface area contributed by atoms with Crippen LogP contribution in [0.15, 0.2) is 75.4 Å². The maximum Gasteiger partial charge on any atom is 0.337 e. The maximum absolute atomic E-state index is 12.5. The van der Waals surface area contributed by atoms with E-state index in [4.69, 9.17) is 35.3 Å². The van der Waals surface area contributed by atoms with Gasteiger partial charge in [0, 0.05) is 26.3 Å². The number of halogens is 2. The molecule has 46 heavy (non-hydrogen) atoms. The Morgan fingerprint density at radius 3 is 2.57 bits per heavy atom. The predicted molar refractivity (Wildman–Crippen MR) is 175 cm³/mol. The molecule has 0 saturated carbocycles. The predicted octanol–water partition coefficient (Wildman–Crippen LogP) is 5.21. The van der Waals surface area contributed by atoms with Gasteiger partial charge in [-0.25, -0.2) is 9.59 Å². The monoisotopic (exact) mass is 716 g/mol. The second kappa shape index (κ2) is 16.2. The van der Waals surface area contributed by atoms with E-state index in [1.165, 1.54) is 20.4 Å². The van der Waals surface area contributed by atoms with Gasteiger partial charge in [0.05, 0.1) is 38.7 Å². The zero-order valence-electron chi connectivity index (χ0n) is 25.6. The molecule has 0 spiro atoms. The number of methoxy groups -OCH3 is 2. The van der Waals surface area contributed by atoms with E-state index in [-0.39, 0.29) is 18.8 Å². The number of ether oxygens (including phenoxy) is 5. The van der Waals surface area contributed by atoms with Gasteiger partial charge in [-0.2, -0.15) is 5.10 Å². The Kier molecular flexibility index (Phi) is 12.1. The summed E-state index contributed by atoms with van der Waals surface area (Å²) in [5.74, 6) is 1.13. The van der Waals surface area contributed by atoms with Gasteiger partial charge >= 0.3 is 12.0 Å². The fourth-order valence-electron chi connectivity index (χ4n) is 4.51. The van der Waals surface area contributed by atoms with E-state index < -0.39 is 24.3 Å². The lowest BCUT2D eigenvalue weighted by Gasteiger charge is -2.28. The lowest BCUT2D eigenvalue weighted by atomic mass is 9.95. The molecule has 0 bridgehead atoms. The third kappa shape index (κ3) is 8.62. The number of carbonyl (C=O) groups excluding carboxylic acids is 2. The Hall–Kier alpha value is -4.46. The van der Waals surface area contributed by atoms with Gasteiger partial charge in [-0.05, 0) is 65.7 Å². The molecule has 244 valence electrons. The van der Waals surface area contributed by atoms with Gasteiger partial charge in [-0.1, -0.05) is 35.9 Å². The van der Waals surface area contributed by atoms with Crippen LogP contribution in [-0.4, -0.2) is 57.0 Å². The average molecular weight is 718 g/mol. The summed E-state index contributed by atoms with van der Waals surface area (Å²) in [5.41, 5.74) is 5.35. The Balaban J connectivity index is 1.39. The summed E-state index contributed by atoms with van der Waals surface area (Å²) in [7, 11) is 2.81. The molecule has 2 amide bonds. The number of nitrogens with one attached hydrogen (secondary N) is 3.